The number of fused-ring (bicyclic) bond motifs is 1. The zero-order chi connectivity index (χ0) is 18.6. The van der Waals surface area contributed by atoms with Gasteiger partial charge in [0, 0.05) is 10.9 Å². The average molecular weight is 367 g/mol. The van der Waals surface area contributed by atoms with Crippen molar-refractivity contribution in [2.45, 2.75) is 70.0 Å². The molecule has 4 saturated carbocycles. The molecule has 4 heteroatoms. The quantitative estimate of drug-likeness (QED) is 0.816. The summed E-state index contributed by atoms with van der Waals surface area (Å²) in [7, 11) is 0. The van der Waals surface area contributed by atoms with Crippen LogP contribution in [0.1, 0.15) is 64.2 Å². The van der Waals surface area contributed by atoms with Gasteiger partial charge in [0.25, 0.3) is 0 Å². The Bertz CT molecular complexity index is 787. The van der Waals surface area contributed by atoms with Crippen LogP contribution >= 0.6 is 0 Å². The number of para-hydroxylation sites is 1. The van der Waals surface area contributed by atoms with Crippen LogP contribution in [-0.4, -0.2) is 17.5 Å². The maximum Gasteiger partial charge on any atom is 0.237 e. The Hall–Kier alpha value is -1.81. The molecule has 27 heavy (non-hydrogen) atoms. The van der Waals surface area contributed by atoms with Gasteiger partial charge in [0.05, 0.1) is 12.1 Å². The van der Waals surface area contributed by atoms with E-state index in [0.29, 0.717) is 0 Å². The number of carbonyl (C=O) groups excluding carboxylic acids is 1. The van der Waals surface area contributed by atoms with Crippen LogP contribution < -0.4 is 10.6 Å². The van der Waals surface area contributed by atoms with E-state index in [2.05, 4.69) is 29.7 Å². The van der Waals surface area contributed by atoms with Gasteiger partial charge >= 0.3 is 0 Å². The first-order valence-electron chi connectivity index (χ1n) is 10.6. The minimum Gasteiger partial charge on any atom is -0.459 e. The van der Waals surface area contributed by atoms with Crippen molar-refractivity contribution >= 4 is 16.9 Å². The second-order valence-electron chi connectivity index (χ2n) is 9.48. The van der Waals surface area contributed by atoms with E-state index in [1.54, 1.807) is 0 Å². The summed E-state index contributed by atoms with van der Waals surface area (Å²) in [5.41, 5.74) is 0.969. The molecule has 2 N–H and O–H groups in total. The number of carbonyl (C=O) groups is 1. The summed E-state index contributed by atoms with van der Waals surface area (Å²) in [6, 6.07) is 9.86. The molecule has 0 saturated heterocycles. The minimum atomic E-state index is -0.235. The highest BCUT2D eigenvalue weighted by Gasteiger charge is 2.51. The molecular weight excluding hydrogens is 336 g/mol. The SMILES string of the molecule is CC(NC(C)c1cc2ccccc2o1)C(=O)NC12CC3CC(CC(C3)C1)C2. The maximum atomic E-state index is 13.0. The predicted molar refractivity (Wildman–Crippen MR) is 106 cm³/mol. The first-order chi connectivity index (χ1) is 13.0. The molecule has 1 amide bonds. The number of furan rings is 1. The van der Waals surface area contributed by atoms with Crippen molar-refractivity contribution in [3.8, 4) is 0 Å². The largest absolute Gasteiger partial charge is 0.459 e. The molecule has 144 valence electrons. The Morgan fingerprint density at radius 3 is 2.33 bits per heavy atom. The van der Waals surface area contributed by atoms with Gasteiger partial charge in [-0.05, 0) is 82.3 Å². The molecule has 0 radical (unpaired) electrons. The van der Waals surface area contributed by atoms with E-state index in [9.17, 15) is 4.79 Å². The third-order valence-electron chi connectivity index (χ3n) is 7.19. The number of nitrogens with one attached hydrogen (secondary N) is 2. The minimum absolute atomic E-state index is 0.00508. The summed E-state index contributed by atoms with van der Waals surface area (Å²) in [5, 5.41) is 8.01. The summed E-state index contributed by atoms with van der Waals surface area (Å²) in [6.45, 7) is 4.03. The average Bonchev–Trinajstić information content (AvgIpc) is 3.04. The molecule has 4 nitrogen and oxygen atoms in total. The highest BCUT2D eigenvalue weighted by Crippen LogP contribution is 2.55. The molecule has 0 aliphatic heterocycles. The number of amides is 1. The third kappa shape index (κ3) is 3.18. The molecular formula is C23H30N2O2. The molecule has 6 rings (SSSR count). The van der Waals surface area contributed by atoms with Crippen molar-refractivity contribution in [3.63, 3.8) is 0 Å². The molecule has 2 aromatic rings. The summed E-state index contributed by atoms with van der Waals surface area (Å²) in [4.78, 5) is 13.0. The van der Waals surface area contributed by atoms with Gasteiger partial charge < -0.3 is 9.73 Å². The van der Waals surface area contributed by atoms with E-state index in [1.807, 2.05) is 25.1 Å². The van der Waals surface area contributed by atoms with Gasteiger partial charge in [-0.3, -0.25) is 10.1 Å². The smallest absolute Gasteiger partial charge is 0.237 e. The van der Waals surface area contributed by atoms with Crippen LogP contribution in [0.3, 0.4) is 0 Å². The molecule has 4 aliphatic carbocycles. The van der Waals surface area contributed by atoms with Crippen molar-refractivity contribution in [1.29, 1.82) is 0 Å². The van der Waals surface area contributed by atoms with Crippen LogP contribution in [-0.2, 0) is 4.79 Å². The molecule has 4 fully saturated rings. The molecule has 4 aliphatic rings. The Morgan fingerprint density at radius 2 is 1.70 bits per heavy atom. The van der Waals surface area contributed by atoms with E-state index in [-0.39, 0.29) is 23.5 Å². The highest BCUT2D eigenvalue weighted by atomic mass is 16.3. The molecule has 4 bridgehead atoms. The van der Waals surface area contributed by atoms with Gasteiger partial charge in [-0.2, -0.15) is 0 Å². The lowest BCUT2D eigenvalue weighted by Gasteiger charge is -2.57. The highest BCUT2D eigenvalue weighted by molar-refractivity contribution is 5.82. The van der Waals surface area contributed by atoms with Gasteiger partial charge in [0.1, 0.15) is 11.3 Å². The van der Waals surface area contributed by atoms with E-state index in [4.69, 9.17) is 4.42 Å². The fraction of sp³-hybridized carbons (Fsp3) is 0.609. The Kier molecular flexibility index (Phi) is 4.08. The van der Waals surface area contributed by atoms with Crippen molar-refractivity contribution in [2.24, 2.45) is 17.8 Å². The monoisotopic (exact) mass is 366 g/mol. The third-order valence-corrected chi connectivity index (χ3v) is 7.19. The first kappa shape index (κ1) is 17.3. The normalized spacial score (nSPS) is 33.9. The topological polar surface area (TPSA) is 54.3 Å². The zero-order valence-corrected chi connectivity index (χ0v) is 16.3. The summed E-state index contributed by atoms with van der Waals surface area (Å²) >= 11 is 0. The summed E-state index contributed by atoms with van der Waals surface area (Å²) in [6.07, 6.45) is 7.76. The lowest BCUT2D eigenvalue weighted by atomic mass is 9.53. The summed E-state index contributed by atoms with van der Waals surface area (Å²) < 4.78 is 5.95. The van der Waals surface area contributed by atoms with Gasteiger partial charge in [0.15, 0.2) is 0 Å². The second-order valence-corrected chi connectivity index (χ2v) is 9.48. The molecule has 1 aromatic heterocycles. The predicted octanol–water partition coefficient (Wildman–Crippen LogP) is 4.56. The molecule has 2 atom stereocenters. The zero-order valence-electron chi connectivity index (χ0n) is 16.3. The van der Waals surface area contributed by atoms with Crippen LogP contribution in [0.25, 0.3) is 11.0 Å². The van der Waals surface area contributed by atoms with Crippen LogP contribution in [0.2, 0.25) is 0 Å². The number of hydrogen-bond acceptors (Lipinski definition) is 3. The van der Waals surface area contributed by atoms with Crippen molar-refractivity contribution in [2.75, 3.05) is 0 Å². The van der Waals surface area contributed by atoms with Gasteiger partial charge in [0.2, 0.25) is 5.91 Å². The van der Waals surface area contributed by atoms with Crippen LogP contribution in [0.15, 0.2) is 34.7 Å². The Morgan fingerprint density at radius 1 is 1.07 bits per heavy atom. The standard InChI is InChI=1S/C23H30N2O2/c1-14(21-10-19-5-3-4-6-20(19)27-21)24-15(2)22(26)25-23-11-16-7-17(12-23)9-18(8-16)13-23/h3-6,10,14-18,24H,7-9,11-13H2,1-2H3,(H,25,26). The number of rotatable bonds is 5. The van der Waals surface area contributed by atoms with Crippen LogP contribution in [0, 0.1) is 17.8 Å². The van der Waals surface area contributed by atoms with E-state index in [0.717, 1.165) is 34.5 Å². The Balaban J connectivity index is 1.24. The van der Waals surface area contributed by atoms with Crippen LogP contribution in [0.4, 0.5) is 0 Å². The maximum absolute atomic E-state index is 13.0. The fourth-order valence-corrected chi connectivity index (χ4v) is 6.38. The molecule has 2 unspecified atom stereocenters. The van der Waals surface area contributed by atoms with Crippen LogP contribution in [0.5, 0.6) is 0 Å². The number of hydrogen-bond donors (Lipinski definition) is 2. The molecule has 0 spiro atoms. The lowest BCUT2D eigenvalue weighted by Crippen LogP contribution is -2.62. The van der Waals surface area contributed by atoms with E-state index in [1.165, 1.54) is 38.5 Å². The van der Waals surface area contributed by atoms with E-state index >= 15 is 0 Å². The van der Waals surface area contributed by atoms with Gasteiger partial charge in [-0.25, -0.2) is 0 Å². The van der Waals surface area contributed by atoms with Crippen molar-refractivity contribution in [1.82, 2.24) is 10.6 Å². The fourth-order valence-electron chi connectivity index (χ4n) is 6.38. The lowest BCUT2D eigenvalue weighted by molar-refractivity contribution is -0.128. The Labute approximate surface area is 161 Å². The van der Waals surface area contributed by atoms with Crippen molar-refractivity contribution < 1.29 is 9.21 Å². The molecule has 1 aromatic carbocycles. The summed E-state index contributed by atoms with van der Waals surface area (Å²) in [5.74, 6) is 3.54. The first-order valence-corrected chi connectivity index (χ1v) is 10.6. The molecule has 1 heterocycles. The van der Waals surface area contributed by atoms with Gasteiger partial charge in [-0.15, -0.1) is 0 Å². The van der Waals surface area contributed by atoms with Crippen molar-refractivity contribution in [3.05, 3.63) is 36.1 Å². The second kappa shape index (κ2) is 6.37. The van der Waals surface area contributed by atoms with Gasteiger partial charge in [-0.1, -0.05) is 18.2 Å². The number of benzene rings is 1. The van der Waals surface area contributed by atoms with E-state index < -0.39 is 0 Å².